The van der Waals surface area contributed by atoms with Crippen molar-refractivity contribution in [3.05, 3.63) is 23.9 Å². The number of nitrogen functional groups attached to an aromatic ring is 1. The molecule has 1 heterocycles. The first-order valence-corrected chi connectivity index (χ1v) is 6.88. The molecule has 0 radical (unpaired) electrons. The van der Waals surface area contributed by atoms with Crippen LogP contribution in [0.5, 0.6) is 0 Å². The second kappa shape index (κ2) is 6.87. The van der Waals surface area contributed by atoms with Crippen molar-refractivity contribution in [2.75, 3.05) is 19.4 Å². The first-order valence-electron chi connectivity index (χ1n) is 6.88. The van der Waals surface area contributed by atoms with E-state index in [0.29, 0.717) is 12.4 Å². The topological polar surface area (TPSA) is 60.2 Å². The number of anilines is 1. The standard InChI is InChI=1S/C15H27N3O/c1-6-19-13(15(2,3)4)12(17-5)10-11-8-7-9-18-14(11)16/h7-9,12-13,17H,6,10H2,1-5H3,(H2,16,18). The van der Waals surface area contributed by atoms with Crippen molar-refractivity contribution < 1.29 is 4.74 Å². The monoisotopic (exact) mass is 265 g/mol. The van der Waals surface area contributed by atoms with Crippen LogP contribution in [0.25, 0.3) is 0 Å². The van der Waals surface area contributed by atoms with E-state index in [0.717, 1.165) is 12.0 Å². The summed E-state index contributed by atoms with van der Waals surface area (Å²) in [7, 11) is 1.97. The molecule has 4 heteroatoms. The van der Waals surface area contributed by atoms with Crippen LogP contribution in [0, 0.1) is 5.41 Å². The zero-order valence-electron chi connectivity index (χ0n) is 12.7. The molecule has 0 aliphatic heterocycles. The molecule has 19 heavy (non-hydrogen) atoms. The summed E-state index contributed by atoms with van der Waals surface area (Å²) in [6.45, 7) is 9.34. The molecule has 0 aliphatic rings. The van der Waals surface area contributed by atoms with E-state index in [1.807, 2.05) is 26.1 Å². The van der Waals surface area contributed by atoms with Gasteiger partial charge in [-0.15, -0.1) is 0 Å². The van der Waals surface area contributed by atoms with Crippen molar-refractivity contribution >= 4 is 5.82 Å². The Morgan fingerprint density at radius 2 is 2.11 bits per heavy atom. The predicted molar refractivity (Wildman–Crippen MR) is 80.1 cm³/mol. The summed E-state index contributed by atoms with van der Waals surface area (Å²) in [4.78, 5) is 4.14. The Labute approximate surface area is 116 Å². The number of ether oxygens (including phenoxy) is 1. The fourth-order valence-electron chi connectivity index (χ4n) is 2.37. The van der Waals surface area contributed by atoms with E-state index in [1.165, 1.54) is 0 Å². The van der Waals surface area contributed by atoms with Crippen molar-refractivity contribution in [3.8, 4) is 0 Å². The van der Waals surface area contributed by atoms with Crippen LogP contribution >= 0.6 is 0 Å². The normalized spacial score (nSPS) is 15.2. The SMILES string of the molecule is CCOC(C(Cc1cccnc1N)NC)C(C)(C)C. The Morgan fingerprint density at radius 1 is 1.42 bits per heavy atom. The number of rotatable bonds is 6. The Hall–Kier alpha value is -1.13. The molecule has 0 saturated heterocycles. The molecule has 4 nitrogen and oxygen atoms in total. The first kappa shape index (κ1) is 15.9. The fraction of sp³-hybridized carbons (Fsp3) is 0.667. The number of likely N-dealkylation sites (N-methyl/N-ethyl adjacent to an activating group) is 1. The summed E-state index contributed by atoms with van der Waals surface area (Å²) in [5, 5.41) is 3.36. The van der Waals surface area contributed by atoms with Crippen molar-refractivity contribution in [1.29, 1.82) is 0 Å². The predicted octanol–water partition coefficient (Wildman–Crippen LogP) is 2.25. The molecule has 108 valence electrons. The van der Waals surface area contributed by atoms with Crippen LogP contribution in [0.15, 0.2) is 18.3 Å². The van der Waals surface area contributed by atoms with E-state index in [1.54, 1.807) is 6.20 Å². The van der Waals surface area contributed by atoms with Gasteiger partial charge >= 0.3 is 0 Å². The summed E-state index contributed by atoms with van der Waals surface area (Å²) in [5.41, 5.74) is 7.06. The van der Waals surface area contributed by atoms with Crippen LogP contribution in [0.3, 0.4) is 0 Å². The smallest absolute Gasteiger partial charge is 0.126 e. The van der Waals surface area contributed by atoms with Gasteiger partial charge < -0.3 is 15.8 Å². The molecule has 1 rings (SSSR count). The van der Waals surface area contributed by atoms with Gasteiger partial charge in [-0.25, -0.2) is 4.98 Å². The third-order valence-electron chi connectivity index (χ3n) is 3.30. The van der Waals surface area contributed by atoms with Gasteiger partial charge in [0.15, 0.2) is 0 Å². The van der Waals surface area contributed by atoms with Gasteiger partial charge in [-0.2, -0.15) is 0 Å². The molecule has 1 aromatic rings. The number of hydrogen-bond donors (Lipinski definition) is 2. The molecular weight excluding hydrogens is 238 g/mol. The lowest BCUT2D eigenvalue weighted by atomic mass is 9.82. The number of aromatic nitrogens is 1. The van der Waals surface area contributed by atoms with Crippen LogP contribution < -0.4 is 11.1 Å². The van der Waals surface area contributed by atoms with Gasteiger partial charge in [0.05, 0.1) is 6.10 Å². The molecule has 0 aromatic carbocycles. The second-order valence-corrected chi connectivity index (χ2v) is 5.89. The second-order valence-electron chi connectivity index (χ2n) is 5.89. The Morgan fingerprint density at radius 3 is 2.58 bits per heavy atom. The number of nitrogens with two attached hydrogens (primary N) is 1. The zero-order valence-corrected chi connectivity index (χ0v) is 12.7. The first-order chi connectivity index (χ1) is 8.90. The van der Waals surface area contributed by atoms with E-state index in [4.69, 9.17) is 10.5 Å². The van der Waals surface area contributed by atoms with Crippen LogP contribution in [0.2, 0.25) is 0 Å². The molecule has 0 amide bonds. The molecule has 2 atom stereocenters. The van der Waals surface area contributed by atoms with E-state index >= 15 is 0 Å². The summed E-state index contributed by atoms with van der Waals surface area (Å²) in [6, 6.07) is 4.16. The maximum atomic E-state index is 5.95. The summed E-state index contributed by atoms with van der Waals surface area (Å²) < 4.78 is 5.95. The molecule has 0 saturated carbocycles. The lowest BCUT2D eigenvalue weighted by Gasteiger charge is -2.37. The van der Waals surface area contributed by atoms with Crippen LogP contribution in [-0.2, 0) is 11.2 Å². The molecule has 0 aliphatic carbocycles. The average Bonchev–Trinajstić information content (AvgIpc) is 2.34. The number of hydrogen-bond acceptors (Lipinski definition) is 4. The highest BCUT2D eigenvalue weighted by molar-refractivity contribution is 5.39. The van der Waals surface area contributed by atoms with Crippen LogP contribution in [-0.4, -0.2) is 30.8 Å². The maximum Gasteiger partial charge on any atom is 0.126 e. The highest BCUT2D eigenvalue weighted by Gasteiger charge is 2.32. The Balaban J connectivity index is 2.89. The quantitative estimate of drug-likeness (QED) is 0.828. The zero-order chi connectivity index (χ0) is 14.5. The van der Waals surface area contributed by atoms with Gasteiger partial charge in [0.25, 0.3) is 0 Å². The van der Waals surface area contributed by atoms with Gasteiger partial charge in [0, 0.05) is 18.8 Å². The van der Waals surface area contributed by atoms with Crippen molar-refractivity contribution in [1.82, 2.24) is 10.3 Å². The minimum atomic E-state index is 0.0701. The summed E-state index contributed by atoms with van der Waals surface area (Å²) in [5.74, 6) is 0.604. The minimum Gasteiger partial charge on any atom is -0.383 e. The van der Waals surface area contributed by atoms with Crippen molar-refractivity contribution in [2.24, 2.45) is 5.41 Å². The summed E-state index contributed by atoms with van der Waals surface area (Å²) >= 11 is 0. The van der Waals surface area contributed by atoms with E-state index in [2.05, 4.69) is 31.1 Å². The lowest BCUT2D eigenvalue weighted by molar-refractivity contribution is -0.0340. The fourth-order valence-corrected chi connectivity index (χ4v) is 2.37. The maximum absolute atomic E-state index is 5.95. The van der Waals surface area contributed by atoms with E-state index in [-0.39, 0.29) is 17.6 Å². The molecular formula is C15H27N3O. The van der Waals surface area contributed by atoms with Gasteiger partial charge in [-0.05, 0) is 37.4 Å². The third-order valence-corrected chi connectivity index (χ3v) is 3.30. The van der Waals surface area contributed by atoms with E-state index in [9.17, 15) is 0 Å². The number of nitrogens with one attached hydrogen (secondary N) is 1. The highest BCUT2D eigenvalue weighted by atomic mass is 16.5. The number of pyridine rings is 1. The third kappa shape index (κ3) is 4.48. The lowest BCUT2D eigenvalue weighted by Crippen LogP contribution is -2.48. The van der Waals surface area contributed by atoms with Crippen LogP contribution in [0.4, 0.5) is 5.82 Å². The van der Waals surface area contributed by atoms with Crippen LogP contribution in [0.1, 0.15) is 33.3 Å². The molecule has 3 N–H and O–H groups in total. The average molecular weight is 265 g/mol. The van der Waals surface area contributed by atoms with Crippen molar-refractivity contribution in [2.45, 2.75) is 46.3 Å². The molecule has 2 unspecified atom stereocenters. The Kier molecular flexibility index (Phi) is 5.76. The molecule has 1 aromatic heterocycles. The molecule has 0 fully saturated rings. The van der Waals surface area contributed by atoms with E-state index < -0.39 is 0 Å². The molecule has 0 spiro atoms. The minimum absolute atomic E-state index is 0.0701. The van der Waals surface area contributed by atoms with Gasteiger partial charge in [-0.1, -0.05) is 26.8 Å². The highest BCUT2D eigenvalue weighted by Crippen LogP contribution is 2.27. The van der Waals surface area contributed by atoms with Gasteiger partial charge in [0.2, 0.25) is 0 Å². The largest absolute Gasteiger partial charge is 0.383 e. The number of nitrogens with zero attached hydrogens (tertiary/aromatic N) is 1. The van der Waals surface area contributed by atoms with Crippen molar-refractivity contribution in [3.63, 3.8) is 0 Å². The summed E-state index contributed by atoms with van der Waals surface area (Å²) in [6.07, 6.45) is 2.66. The molecule has 0 bridgehead atoms. The Bertz CT molecular complexity index is 387. The van der Waals surface area contributed by atoms with Gasteiger partial charge in [-0.3, -0.25) is 0 Å². The van der Waals surface area contributed by atoms with Gasteiger partial charge in [0.1, 0.15) is 5.82 Å².